The first-order valence-electron chi connectivity index (χ1n) is 9.08. The van der Waals surface area contributed by atoms with E-state index in [9.17, 15) is 4.79 Å². The van der Waals surface area contributed by atoms with E-state index < -0.39 is 0 Å². The average molecular weight is 322 g/mol. The van der Waals surface area contributed by atoms with E-state index >= 15 is 0 Å². The maximum atomic E-state index is 13.0. The molecule has 0 N–H and O–H groups in total. The predicted octanol–water partition coefficient (Wildman–Crippen LogP) is 2.83. The number of aromatic nitrogens is 3. The van der Waals surface area contributed by atoms with Gasteiger partial charge in [0.2, 0.25) is 5.91 Å². The molecule has 24 heavy (non-hydrogen) atoms. The quantitative estimate of drug-likeness (QED) is 0.850. The molecule has 124 valence electrons. The summed E-state index contributed by atoms with van der Waals surface area (Å²) in [6.45, 7) is 0.314. The van der Waals surface area contributed by atoms with Gasteiger partial charge in [-0.25, -0.2) is 4.68 Å². The summed E-state index contributed by atoms with van der Waals surface area (Å²) in [4.78, 5) is 15.2. The van der Waals surface area contributed by atoms with E-state index in [2.05, 4.69) is 39.5 Å². The fourth-order valence-corrected chi connectivity index (χ4v) is 3.99. The molecule has 3 aliphatic rings. The topological polar surface area (TPSA) is 51.0 Å². The van der Waals surface area contributed by atoms with Crippen molar-refractivity contribution in [2.24, 2.45) is 0 Å². The molecule has 1 aromatic carbocycles. The Balaban J connectivity index is 1.36. The zero-order chi connectivity index (χ0) is 16.1. The molecule has 0 saturated heterocycles. The zero-order valence-electron chi connectivity index (χ0n) is 13.8. The number of rotatable bonds is 5. The number of nitrogens with zero attached hydrogens (tertiary/aromatic N) is 4. The zero-order valence-corrected chi connectivity index (χ0v) is 13.8. The third-order valence-corrected chi connectivity index (χ3v) is 5.51. The first kappa shape index (κ1) is 14.2. The van der Waals surface area contributed by atoms with Crippen LogP contribution < -0.4 is 0 Å². The van der Waals surface area contributed by atoms with Crippen molar-refractivity contribution in [3.63, 3.8) is 0 Å². The van der Waals surface area contributed by atoms with Crippen LogP contribution >= 0.6 is 0 Å². The van der Waals surface area contributed by atoms with Crippen molar-refractivity contribution in [2.45, 2.75) is 63.1 Å². The van der Waals surface area contributed by atoms with E-state index in [4.69, 9.17) is 0 Å². The van der Waals surface area contributed by atoms with Gasteiger partial charge in [0.25, 0.3) is 0 Å². The van der Waals surface area contributed by atoms with Gasteiger partial charge in [-0.1, -0.05) is 29.5 Å². The minimum absolute atomic E-state index is 0.187. The standard InChI is InChI=1S/C19H22N4O/c24-19(12-22-11-17(20-21-22)14-5-6-14)23(15-8-9-15)18-10-7-13-3-1-2-4-16(13)18/h1-4,11,14-15,18H,5-10,12H2/t18-/m1/s1. The van der Waals surface area contributed by atoms with Crippen molar-refractivity contribution >= 4 is 5.91 Å². The minimum atomic E-state index is 0.187. The maximum Gasteiger partial charge on any atom is 0.245 e. The second kappa shape index (κ2) is 5.43. The summed E-state index contributed by atoms with van der Waals surface area (Å²) in [7, 11) is 0. The molecule has 5 nitrogen and oxygen atoms in total. The van der Waals surface area contributed by atoms with Crippen molar-refractivity contribution < 1.29 is 4.79 Å². The Morgan fingerprint density at radius 2 is 2.00 bits per heavy atom. The van der Waals surface area contributed by atoms with Gasteiger partial charge in [-0.15, -0.1) is 5.10 Å². The first-order valence-corrected chi connectivity index (χ1v) is 9.08. The second-order valence-corrected chi connectivity index (χ2v) is 7.40. The lowest BCUT2D eigenvalue weighted by molar-refractivity contribution is -0.135. The van der Waals surface area contributed by atoms with Crippen LogP contribution in [0.25, 0.3) is 0 Å². The molecule has 5 rings (SSSR count). The lowest BCUT2D eigenvalue weighted by Crippen LogP contribution is -2.38. The Labute approximate surface area is 141 Å². The highest BCUT2D eigenvalue weighted by Gasteiger charge is 2.40. The SMILES string of the molecule is O=C(Cn1cc(C2CC2)nn1)N(C1CC1)[C@@H]1CCc2ccccc21. The Morgan fingerprint density at radius 3 is 2.79 bits per heavy atom. The number of hydrogen-bond acceptors (Lipinski definition) is 3. The molecule has 3 aliphatic carbocycles. The molecule has 1 amide bonds. The molecule has 1 aromatic heterocycles. The van der Waals surface area contributed by atoms with Gasteiger partial charge in [-0.05, 0) is 49.7 Å². The molecule has 1 heterocycles. The largest absolute Gasteiger partial charge is 0.331 e. The third-order valence-electron chi connectivity index (χ3n) is 5.51. The Kier molecular flexibility index (Phi) is 3.21. The van der Waals surface area contributed by atoms with Gasteiger partial charge in [0, 0.05) is 18.2 Å². The van der Waals surface area contributed by atoms with Crippen molar-refractivity contribution in [1.29, 1.82) is 0 Å². The van der Waals surface area contributed by atoms with Crippen LogP contribution in [0.3, 0.4) is 0 Å². The van der Waals surface area contributed by atoms with Crippen LogP contribution in [0.5, 0.6) is 0 Å². The summed E-state index contributed by atoms with van der Waals surface area (Å²) in [5, 5.41) is 8.40. The van der Waals surface area contributed by atoms with Crippen LogP contribution in [0, 0.1) is 0 Å². The van der Waals surface area contributed by atoms with Crippen LogP contribution in [0.15, 0.2) is 30.5 Å². The van der Waals surface area contributed by atoms with Gasteiger partial charge in [0.15, 0.2) is 0 Å². The molecule has 0 aliphatic heterocycles. The smallest absolute Gasteiger partial charge is 0.245 e. The lowest BCUT2D eigenvalue weighted by atomic mass is 10.1. The van der Waals surface area contributed by atoms with Gasteiger partial charge < -0.3 is 4.90 Å². The summed E-state index contributed by atoms with van der Waals surface area (Å²) in [5.74, 6) is 0.765. The predicted molar refractivity (Wildman–Crippen MR) is 89.4 cm³/mol. The van der Waals surface area contributed by atoms with E-state index in [0.717, 1.165) is 31.4 Å². The molecule has 0 unspecified atom stereocenters. The Hall–Kier alpha value is -2.17. The van der Waals surface area contributed by atoms with Gasteiger partial charge in [0.1, 0.15) is 6.54 Å². The average Bonchev–Trinajstić information content (AvgIpc) is 3.51. The fourth-order valence-electron chi connectivity index (χ4n) is 3.99. The molecule has 0 radical (unpaired) electrons. The first-order chi connectivity index (χ1) is 11.8. The molecule has 5 heteroatoms. The lowest BCUT2D eigenvalue weighted by Gasteiger charge is -2.30. The number of carbonyl (C=O) groups excluding carboxylic acids is 1. The summed E-state index contributed by atoms with van der Waals surface area (Å²) in [5.41, 5.74) is 3.79. The molecule has 1 atom stereocenters. The van der Waals surface area contributed by atoms with E-state index in [-0.39, 0.29) is 11.9 Å². The number of amides is 1. The second-order valence-electron chi connectivity index (χ2n) is 7.40. The van der Waals surface area contributed by atoms with Crippen LogP contribution in [-0.2, 0) is 17.8 Å². The number of carbonyl (C=O) groups is 1. The highest BCUT2D eigenvalue weighted by molar-refractivity contribution is 5.77. The Bertz CT molecular complexity index is 775. The van der Waals surface area contributed by atoms with Crippen molar-refractivity contribution in [2.75, 3.05) is 0 Å². The monoisotopic (exact) mass is 322 g/mol. The molecule has 2 saturated carbocycles. The van der Waals surface area contributed by atoms with Gasteiger partial charge >= 0.3 is 0 Å². The van der Waals surface area contributed by atoms with E-state index in [1.807, 2.05) is 6.20 Å². The van der Waals surface area contributed by atoms with Crippen LogP contribution in [0.2, 0.25) is 0 Å². The number of aryl methyl sites for hydroxylation is 1. The molecular formula is C19H22N4O. The van der Waals surface area contributed by atoms with Crippen molar-refractivity contribution in [1.82, 2.24) is 19.9 Å². The number of fused-ring (bicyclic) bond motifs is 1. The summed E-state index contributed by atoms with van der Waals surface area (Å²) >= 11 is 0. The maximum absolute atomic E-state index is 13.0. The number of benzene rings is 1. The molecule has 0 bridgehead atoms. The van der Waals surface area contributed by atoms with Crippen LogP contribution in [0.1, 0.15) is 60.9 Å². The highest BCUT2D eigenvalue weighted by atomic mass is 16.2. The van der Waals surface area contributed by atoms with Crippen LogP contribution in [-0.4, -0.2) is 31.8 Å². The van der Waals surface area contributed by atoms with E-state index in [0.29, 0.717) is 18.5 Å². The van der Waals surface area contributed by atoms with Crippen molar-refractivity contribution in [3.05, 3.63) is 47.3 Å². The fraction of sp³-hybridized carbons (Fsp3) is 0.526. The van der Waals surface area contributed by atoms with Gasteiger partial charge in [-0.2, -0.15) is 0 Å². The Morgan fingerprint density at radius 1 is 1.17 bits per heavy atom. The van der Waals surface area contributed by atoms with Gasteiger partial charge in [-0.3, -0.25) is 4.79 Å². The normalized spacial score (nSPS) is 22.4. The van der Waals surface area contributed by atoms with Crippen LogP contribution in [0.4, 0.5) is 0 Å². The van der Waals surface area contributed by atoms with E-state index in [1.54, 1.807) is 4.68 Å². The molecule has 2 fully saturated rings. The van der Waals surface area contributed by atoms with Crippen molar-refractivity contribution in [3.8, 4) is 0 Å². The van der Waals surface area contributed by atoms with Gasteiger partial charge in [0.05, 0.1) is 11.7 Å². The van der Waals surface area contributed by atoms with E-state index in [1.165, 1.54) is 24.0 Å². The summed E-state index contributed by atoms with van der Waals surface area (Å²) in [6.07, 6.45) is 8.77. The molecular weight excluding hydrogens is 300 g/mol. The third kappa shape index (κ3) is 2.52. The number of hydrogen-bond donors (Lipinski definition) is 0. The minimum Gasteiger partial charge on any atom is -0.331 e. The highest BCUT2D eigenvalue weighted by Crippen LogP contribution is 2.42. The summed E-state index contributed by atoms with van der Waals surface area (Å²) in [6, 6.07) is 9.24. The summed E-state index contributed by atoms with van der Waals surface area (Å²) < 4.78 is 1.73. The molecule has 0 spiro atoms. The molecule has 2 aromatic rings.